The molecule has 1 fully saturated rings. The predicted octanol–water partition coefficient (Wildman–Crippen LogP) is 2.82. The first-order valence-electron chi connectivity index (χ1n) is 7.09. The van der Waals surface area contributed by atoms with E-state index in [1.807, 2.05) is 12.1 Å². The molecule has 5 nitrogen and oxygen atoms in total. The Morgan fingerprint density at radius 1 is 1.18 bits per heavy atom. The molecule has 2 heterocycles. The Bertz CT molecular complexity index is 672. The van der Waals surface area contributed by atoms with Gasteiger partial charge in [-0.25, -0.2) is 4.98 Å². The molecule has 1 aliphatic rings. The van der Waals surface area contributed by atoms with Crippen molar-refractivity contribution < 1.29 is 9.53 Å². The van der Waals surface area contributed by atoms with Gasteiger partial charge >= 0.3 is 0 Å². The molecule has 1 N–H and O–H groups in total. The van der Waals surface area contributed by atoms with E-state index >= 15 is 0 Å². The highest BCUT2D eigenvalue weighted by Crippen LogP contribution is 2.24. The first-order chi connectivity index (χ1) is 10.8. The zero-order valence-electron chi connectivity index (χ0n) is 12.0. The summed E-state index contributed by atoms with van der Waals surface area (Å²) in [5.41, 5.74) is 1.12. The van der Waals surface area contributed by atoms with Gasteiger partial charge < -0.3 is 15.0 Å². The molecule has 22 heavy (non-hydrogen) atoms. The van der Waals surface area contributed by atoms with E-state index in [1.165, 1.54) is 0 Å². The molecule has 1 aromatic heterocycles. The Morgan fingerprint density at radius 3 is 2.73 bits per heavy atom. The Labute approximate surface area is 133 Å². The predicted molar refractivity (Wildman–Crippen MR) is 86.7 cm³/mol. The van der Waals surface area contributed by atoms with Gasteiger partial charge in [0, 0.05) is 19.3 Å². The van der Waals surface area contributed by atoms with Gasteiger partial charge in [-0.15, -0.1) is 0 Å². The number of anilines is 2. The summed E-state index contributed by atoms with van der Waals surface area (Å²) in [7, 11) is 0. The third-order valence-corrected chi connectivity index (χ3v) is 3.79. The van der Waals surface area contributed by atoms with Crippen LogP contribution in [0.1, 0.15) is 10.4 Å². The molecule has 0 atom stereocenters. The summed E-state index contributed by atoms with van der Waals surface area (Å²) < 4.78 is 5.35. The van der Waals surface area contributed by atoms with Gasteiger partial charge in [-0.1, -0.05) is 23.7 Å². The molecule has 0 aliphatic carbocycles. The molecular formula is C16H16ClN3O2. The first-order valence-corrected chi connectivity index (χ1v) is 7.47. The largest absolute Gasteiger partial charge is 0.378 e. The monoisotopic (exact) mass is 317 g/mol. The average molecular weight is 318 g/mol. The highest BCUT2D eigenvalue weighted by molar-refractivity contribution is 6.34. The molecule has 1 saturated heterocycles. The molecule has 0 spiro atoms. The Morgan fingerprint density at radius 2 is 1.95 bits per heavy atom. The highest BCUT2D eigenvalue weighted by atomic mass is 35.5. The van der Waals surface area contributed by atoms with Crippen LogP contribution in [0.3, 0.4) is 0 Å². The fraction of sp³-hybridized carbons (Fsp3) is 0.250. The molecule has 2 aromatic rings. The first kappa shape index (κ1) is 14.8. The van der Waals surface area contributed by atoms with Crippen molar-refractivity contribution in [1.29, 1.82) is 0 Å². The minimum absolute atomic E-state index is 0.220. The Hall–Kier alpha value is -2.11. The number of rotatable bonds is 3. The normalized spacial score (nSPS) is 14.7. The van der Waals surface area contributed by atoms with Crippen LogP contribution in [0, 0.1) is 0 Å². The van der Waals surface area contributed by atoms with Crippen LogP contribution in [0.5, 0.6) is 0 Å². The number of para-hydroxylation sites is 1. The van der Waals surface area contributed by atoms with E-state index in [2.05, 4.69) is 15.2 Å². The highest BCUT2D eigenvalue weighted by Gasteiger charge is 2.20. The molecule has 0 unspecified atom stereocenters. The molecule has 0 bridgehead atoms. The van der Waals surface area contributed by atoms with Crippen LogP contribution in [0.4, 0.5) is 11.5 Å². The lowest BCUT2D eigenvalue weighted by Crippen LogP contribution is -2.38. The van der Waals surface area contributed by atoms with Crippen LogP contribution >= 0.6 is 11.6 Å². The van der Waals surface area contributed by atoms with Crippen molar-refractivity contribution in [3.63, 3.8) is 0 Å². The molecular weight excluding hydrogens is 302 g/mol. The summed E-state index contributed by atoms with van der Waals surface area (Å²) in [5, 5.41) is 3.34. The molecule has 1 aromatic carbocycles. The van der Waals surface area contributed by atoms with Gasteiger partial charge in [0.1, 0.15) is 5.82 Å². The number of hydrogen-bond donors (Lipinski definition) is 1. The number of benzene rings is 1. The second kappa shape index (κ2) is 6.77. The summed E-state index contributed by atoms with van der Waals surface area (Å²) in [5.74, 6) is 0.457. The number of ether oxygens (including phenoxy) is 1. The Kier molecular flexibility index (Phi) is 4.56. The van der Waals surface area contributed by atoms with Crippen molar-refractivity contribution in [1.82, 2.24) is 4.98 Å². The van der Waals surface area contributed by atoms with Crippen molar-refractivity contribution in [3.05, 3.63) is 53.2 Å². The number of pyridine rings is 1. The maximum absolute atomic E-state index is 12.6. The van der Waals surface area contributed by atoms with Gasteiger partial charge in [-0.3, -0.25) is 4.79 Å². The molecule has 3 rings (SSSR count). The van der Waals surface area contributed by atoms with E-state index < -0.39 is 0 Å². The number of morpholine rings is 1. The standard InChI is InChI=1S/C16H16ClN3O2/c17-13-5-1-2-6-14(13)19-16(21)12-4-3-7-18-15(12)20-8-10-22-11-9-20/h1-7H,8-11H2,(H,19,21). The lowest BCUT2D eigenvalue weighted by Gasteiger charge is -2.29. The number of hydrogen-bond acceptors (Lipinski definition) is 4. The molecule has 6 heteroatoms. The van der Waals surface area contributed by atoms with Crippen LogP contribution in [0.2, 0.25) is 5.02 Å². The molecule has 0 saturated carbocycles. The van der Waals surface area contributed by atoms with Gasteiger partial charge in [0.2, 0.25) is 0 Å². The third kappa shape index (κ3) is 3.21. The van der Waals surface area contributed by atoms with E-state index in [4.69, 9.17) is 16.3 Å². The Balaban J connectivity index is 1.85. The number of amides is 1. The van der Waals surface area contributed by atoms with Crippen molar-refractivity contribution >= 4 is 29.0 Å². The van der Waals surface area contributed by atoms with Gasteiger partial charge in [0.05, 0.1) is 29.5 Å². The molecule has 1 amide bonds. The minimum Gasteiger partial charge on any atom is -0.378 e. The van der Waals surface area contributed by atoms with Crippen molar-refractivity contribution in [2.75, 3.05) is 36.5 Å². The van der Waals surface area contributed by atoms with E-state index in [1.54, 1.807) is 30.5 Å². The van der Waals surface area contributed by atoms with Gasteiger partial charge in [0.25, 0.3) is 5.91 Å². The van der Waals surface area contributed by atoms with E-state index in [0.29, 0.717) is 35.3 Å². The number of aromatic nitrogens is 1. The van der Waals surface area contributed by atoms with Crippen LogP contribution in [-0.2, 0) is 4.74 Å². The zero-order chi connectivity index (χ0) is 15.4. The van der Waals surface area contributed by atoms with Crippen molar-refractivity contribution in [2.45, 2.75) is 0 Å². The fourth-order valence-corrected chi connectivity index (χ4v) is 2.54. The number of carbonyl (C=O) groups excluding carboxylic acids is 1. The molecule has 1 aliphatic heterocycles. The maximum atomic E-state index is 12.6. The number of halogens is 1. The summed E-state index contributed by atoms with van der Waals surface area (Å²) in [6, 6.07) is 10.7. The zero-order valence-corrected chi connectivity index (χ0v) is 12.7. The molecule has 114 valence electrons. The van der Waals surface area contributed by atoms with Crippen LogP contribution in [0.15, 0.2) is 42.6 Å². The van der Waals surface area contributed by atoms with Gasteiger partial charge in [-0.2, -0.15) is 0 Å². The quantitative estimate of drug-likeness (QED) is 0.946. The minimum atomic E-state index is -0.220. The number of carbonyl (C=O) groups is 1. The summed E-state index contributed by atoms with van der Waals surface area (Å²) >= 11 is 6.09. The molecule has 0 radical (unpaired) electrons. The van der Waals surface area contributed by atoms with Crippen molar-refractivity contribution in [2.24, 2.45) is 0 Å². The third-order valence-electron chi connectivity index (χ3n) is 3.46. The number of nitrogens with one attached hydrogen (secondary N) is 1. The topological polar surface area (TPSA) is 54.5 Å². The second-order valence-electron chi connectivity index (χ2n) is 4.91. The van der Waals surface area contributed by atoms with E-state index in [0.717, 1.165) is 13.1 Å². The average Bonchev–Trinajstić information content (AvgIpc) is 2.58. The second-order valence-corrected chi connectivity index (χ2v) is 5.32. The maximum Gasteiger partial charge on any atom is 0.259 e. The van der Waals surface area contributed by atoms with E-state index in [9.17, 15) is 4.79 Å². The lowest BCUT2D eigenvalue weighted by molar-refractivity contribution is 0.102. The lowest BCUT2D eigenvalue weighted by atomic mass is 10.2. The smallest absolute Gasteiger partial charge is 0.259 e. The fourth-order valence-electron chi connectivity index (χ4n) is 2.35. The summed E-state index contributed by atoms with van der Waals surface area (Å²) in [6.45, 7) is 2.73. The van der Waals surface area contributed by atoms with Gasteiger partial charge in [0.15, 0.2) is 0 Å². The SMILES string of the molecule is O=C(Nc1ccccc1Cl)c1cccnc1N1CCOCC1. The van der Waals surface area contributed by atoms with Crippen molar-refractivity contribution in [3.8, 4) is 0 Å². The van der Waals surface area contributed by atoms with Crippen LogP contribution < -0.4 is 10.2 Å². The van der Waals surface area contributed by atoms with Crippen LogP contribution in [-0.4, -0.2) is 37.2 Å². The summed E-state index contributed by atoms with van der Waals surface area (Å²) in [6.07, 6.45) is 1.69. The van der Waals surface area contributed by atoms with Gasteiger partial charge in [-0.05, 0) is 24.3 Å². The summed E-state index contributed by atoms with van der Waals surface area (Å²) in [4.78, 5) is 19.0. The number of nitrogens with zero attached hydrogens (tertiary/aromatic N) is 2. The van der Waals surface area contributed by atoms with Crippen LogP contribution in [0.25, 0.3) is 0 Å². The van der Waals surface area contributed by atoms with E-state index in [-0.39, 0.29) is 5.91 Å².